The number of pyridine rings is 1. The van der Waals surface area contributed by atoms with Crippen molar-refractivity contribution in [2.45, 2.75) is 18.9 Å². The van der Waals surface area contributed by atoms with Crippen LogP contribution in [0.25, 0.3) is 0 Å². The van der Waals surface area contributed by atoms with E-state index in [1.54, 1.807) is 12.1 Å². The number of anilines is 1. The van der Waals surface area contributed by atoms with Crippen molar-refractivity contribution >= 4 is 11.7 Å². The zero-order valence-corrected chi connectivity index (χ0v) is 7.16. The standard InChI is InChI=1S/C9H11N3O/c10-8-4-1-6(5-11-8)9(13)12-7-2-3-7/h1,4-5,7H,2-3H2,(H2,10,11)(H,12,13). The smallest absolute Gasteiger partial charge is 0.253 e. The molecule has 13 heavy (non-hydrogen) atoms. The van der Waals surface area contributed by atoms with E-state index in [0.717, 1.165) is 12.8 Å². The lowest BCUT2D eigenvalue weighted by molar-refractivity contribution is 0.0951. The zero-order valence-electron chi connectivity index (χ0n) is 7.16. The van der Waals surface area contributed by atoms with Gasteiger partial charge in [-0.25, -0.2) is 4.98 Å². The van der Waals surface area contributed by atoms with Gasteiger partial charge in [-0.1, -0.05) is 0 Å². The van der Waals surface area contributed by atoms with E-state index in [0.29, 0.717) is 17.4 Å². The van der Waals surface area contributed by atoms with Crippen molar-refractivity contribution < 1.29 is 4.79 Å². The van der Waals surface area contributed by atoms with Crippen molar-refractivity contribution in [3.63, 3.8) is 0 Å². The fourth-order valence-electron chi connectivity index (χ4n) is 1.04. The molecule has 1 aromatic heterocycles. The highest BCUT2D eigenvalue weighted by Crippen LogP contribution is 2.19. The van der Waals surface area contributed by atoms with Crippen LogP contribution >= 0.6 is 0 Å². The molecule has 1 amide bonds. The SMILES string of the molecule is Nc1ccc(C(=O)NC2CC2)cn1. The van der Waals surface area contributed by atoms with Gasteiger partial charge in [-0.15, -0.1) is 0 Å². The molecular formula is C9H11N3O. The van der Waals surface area contributed by atoms with Gasteiger partial charge in [0.15, 0.2) is 0 Å². The van der Waals surface area contributed by atoms with Crippen LogP contribution in [0.3, 0.4) is 0 Å². The Hall–Kier alpha value is -1.58. The van der Waals surface area contributed by atoms with E-state index < -0.39 is 0 Å². The molecule has 1 aliphatic carbocycles. The minimum absolute atomic E-state index is 0.0602. The Balaban J connectivity index is 2.05. The van der Waals surface area contributed by atoms with Gasteiger partial charge in [-0.3, -0.25) is 4.79 Å². The fourth-order valence-corrected chi connectivity index (χ4v) is 1.04. The van der Waals surface area contributed by atoms with Gasteiger partial charge in [0.1, 0.15) is 5.82 Å². The summed E-state index contributed by atoms with van der Waals surface area (Å²) in [7, 11) is 0. The molecule has 1 aromatic rings. The number of rotatable bonds is 2. The number of amides is 1. The van der Waals surface area contributed by atoms with Gasteiger partial charge in [0.2, 0.25) is 0 Å². The number of nitrogen functional groups attached to an aromatic ring is 1. The average Bonchev–Trinajstić information content (AvgIpc) is 2.89. The minimum Gasteiger partial charge on any atom is -0.384 e. The maximum absolute atomic E-state index is 11.4. The zero-order chi connectivity index (χ0) is 9.26. The number of hydrogen-bond donors (Lipinski definition) is 2. The van der Waals surface area contributed by atoms with Crippen molar-refractivity contribution in [3.05, 3.63) is 23.9 Å². The Kier molecular flexibility index (Phi) is 1.88. The van der Waals surface area contributed by atoms with Crippen LogP contribution in [0, 0.1) is 0 Å². The second-order valence-corrected chi connectivity index (χ2v) is 3.22. The molecule has 1 fully saturated rings. The maximum atomic E-state index is 11.4. The van der Waals surface area contributed by atoms with Gasteiger partial charge in [0, 0.05) is 12.2 Å². The lowest BCUT2D eigenvalue weighted by Crippen LogP contribution is -2.25. The first-order valence-corrected chi connectivity index (χ1v) is 4.28. The number of carbonyl (C=O) groups excluding carboxylic acids is 1. The van der Waals surface area contributed by atoms with E-state index in [4.69, 9.17) is 5.73 Å². The van der Waals surface area contributed by atoms with Crippen molar-refractivity contribution in [1.82, 2.24) is 10.3 Å². The Morgan fingerprint density at radius 1 is 1.54 bits per heavy atom. The van der Waals surface area contributed by atoms with Crippen LogP contribution in [-0.4, -0.2) is 16.9 Å². The van der Waals surface area contributed by atoms with E-state index >= 15 is 0 Å². The highest BCUT2D eigenvalue weighted by molar-refractivity contribution is 5.94. The molecule has 0 unspecified atom stereocenters. The first-order chi connectivity index (χ1) is 6.25. The number of nitrogens with zero attached hydrogens (tertiary/aromatic N) is 1. The quantitative estimate of drug-likeness (QED) is 0.693. The third-order valence-electron chi connectivity index (χ3n) is 1.96. The number of nitrogens with one attached hydrogen (secondary N) is 1. The van der Waals surface area contributed by atoms with Crippen molar-refractivity contribution in [3.8, 4) is 0 Å². The summed E-state index contributed by atoms with van der Waals surface area (Å²) in [5.74, 6) is 0.373. The summed E-state index contributed by atoms with van der Waals surface area (Å²) in [5.41, 5.74) is 5.97. The van der Waals surface area contributed by atoms with Gasteiger partial charge < -0.3 is 11.1 Å². The molecule has 2 rings (SSSR count). The number of hydrogen-bond acceptors (Lipinski definition) is 3. The first-order valence-electron chi connectivity index (χ1n) is 4.28. The highest BCUT2D eigenvalue weighted by atomic mass is 16.1. The van der Waals surface area contributed by atoms with Crippen LogP contribution in [0.1, 0.15) is 23.2 Å². The Bertz CT molecular complexity index is 316. The van der Waals surface area contributed by atoms with Crippen LogP contribution < -0.4 is 11.1 Å². The van der Waals surface area contributed by atoms with Crippen LogP contribution in [0.4, 0.5) is 5.82 Å². The molecule has 1 heterocycles. The normalized spacial score (nSPS) is 15.4. The van der Waals surface area contributed by atoms with E-state index in [-0.39, 0.29) is 5.91 Å². The molecule has 1 aliphatic rings. The van der Waals surface area contributed by atoms with E-state index in [2.05, 4.69) is 10.3 Å². The molecular weight excluding hydrogens is 166 g/mol. The van der Waals surface area contributed by atoms with Gasteiger partial charge in [-0.2, -0.15) is 0 Å². The minimum atomic E-state index is -0.0602. The van der Waals surface area contributed by atoms with E-state index in [9.17, 15) is 4.79 Å². The third-order valence-corrected chi connectivity index (χ3v) is 1.96. The molecule has 0 aromatic carbocycles. The fraction of sp³-hybridized carbons (Fsp3) is 0.333. The van der Waals surface area contributed by atoms with E-state index in [1.807, 2.05) is 0 Å². The largest absolute Gasteiger partial charge is 0.384 e. The van der Waals surface area contributed by atoms with Gasteiger partial charge in [0.05, 0.1) is 5.56 Å². The lowest BCUT2D eigenvalue weighted by atomic mass is 10.2. The van der Waals surface area contributed by atoms with Crippen molar-refractivity contribution in [1.29, 1.82) is 0 Å². The van der Waals surface area contributed by atoms with Crippen LogP contribution in [0.2, 0.25) is 0 Å². The Labute approximate surface area is 76.2 Å². The summed E-state index contributed by atoms with van der Waals surface area (Å²) in [5, 5.41) is 2.87. The number of aromatic nitrogens is 1. The number of carbonyl (C=O) groups is 1. The molecule has 4 nitrogen and oxygen atoms in total. The first kappa shape index (κ1) is 8.04. The summed E-state index contributed by atoms with van der Waals surface area (Å²) in [4.78, 5) is 15.3. The second-order valence-electron chi connectivity index (χ2n) is 3.22. The summed E-state index contributed by atoms with van der Waals surface area (Å²) in [6.45, 7) is 0. The summed E-state index contributed by atoms with van der Waals surface area (Å²) in [6, 6.07) is 3.69. The summed E-state index contributed by atoms with van der Waals surface area (Å²) < 4.78 is 0. The van der Waals surface area contributed by atoms with Crippen molar-refractivity contribution in [2.75, 3.05) is 5.73 Å². The Morgan fingerprint density at radius 3 is 2.85 bits per heavy atom. The van der Waals surface area contributed by atoms with Crippen LogP contribution in [0.15, 0.2) is 18.3 Å². The molecule has 1 saturated carbocycles. The third kappa shape index (κ3) is 1.96. The molecule has 3 N–H and O–H groups in total. The molecule has 0 saturated heterocycles. The predicted octanol–water partition coefficient (Wildman–Crippen LogP) is 0.556. The van der Waals surface area contributed by atoms with Crippen LogP contribution in [0.5, 0.6) is 0 Å². The van der Waals surface area contributed by atoms with Gasteiger partial charge in [-0.05, 0) is 25.0 Å². The maximum Gasteiger partial charge on any atom is 0.253 e. The number of nitrogens with two attached hydrogens (primary N) is 1. The summed E-state index contributed by atoms with van der Waals surface area (Å²) >= 11 is 0. The predicted molar refractivity (Wildman–Crippen MR) is 49.1 cm³/mol. The molecule has 0 bridgehead atoms. The second kappa shape index (κ2) is 3.05. The van der Waals surface area contributed by atoms with Gasteiger partial charge >= 0.3 is 0 Å². The molecule has 0 aliphatic heterocycles. The topological polar surface area (TPSA) is 68.0 Å². The molecule has 68 valence electrons. The van der Waals surface area contributed by atoms with Crippen LogP contribution in [-0.2, 0) is 0 Å². The average molecular weight is 177 g/mol. The molecule has 0 spiro atoms. The summed E-state index contributed by atoms with van der Waals surface area (Å²) in [6.07, 6.45) is 3.68. The molecule has 0 radical (unpaired) electrons. The monoisotopic (exact) mass is 177 g/mol. The van der Waals surface area contributed by atoms with Gasteiger partial charge in [0.25, 0.3) is 5.91 Å². The molecule has 0 atom stereocenters. The van der Waals surface area contributed by atoms with Crippen molar-refractivity contribution in [2.24, 2.45) is 0 Å². The molecule has 4 heteroatoms. The Morgan fingerprint density at radius 2 is 2.31 bits per heavy atom. The lowest BCUT2D eigenvalue weighted by Gasteiger charge is -2.01. The van der Waals surface area contributed by atoms with E-state index in [1.165, 1.54) is 6.20 Å². The highest BCUT2D eigenvalue weighted by Gasteiger charge is 2.23.